The number of thioether (sulfide) groups is 1. The first-order valence-electron chi connectivity index (χ1n) is 12.4. The summed E-state index contributed by atoms with van der Waals surface area (Å²) in [6, 6.07) is 26.7. The lowest BCUT2D eigenvalue weighted by Gasteiger charge is -2.17. The fourth-order valence-corrected chi connectivity index (χ4v) is 5.58. The van der Waals surface area contributed by atoms with Crippen LogP contribution >= 0.6 is 24.0 Å². The molecular formula is C31H26N2O4S2. The van der Waals surface area contributed by atoms with Gasteiger partial charge in [-0.3, -0.25) is 14.5 Å². The van der Waals surface area contributed by atoms with E-state index in [0.717, 1.165) is 27.6 Å². The summed E-state index contributed by atoms with van der Waals surface area (Å²) < 4.78 is 12.0. The van der Waals surface area contributed by atoms with Crippen LogP contribution < -0.4 is 19.7 Å². The van der Waals surface area contributed by atoms with Gasteiger partial charge in [-0.2, -0.15) is 0 Å². The molecular weight excluding hydrogens is 528 g/mol. The largest absolute Gasteiger partial charge is 0.490 e. The molecule has 39 heavy (non-hydrogen) atoms. The van der Waals surface area contributed by atoms with Gasteiger partial charge in [-0.25, -0.2) is 0 Å². The van der Waals surface area contributed by atoms with Crippen molar-refractivity contribution in [1.82, 2.24) is 0 Å². The van der Waals surface area contributed by atoms with Gasteiger partial charge in [0.25, 0.3) is 11.8 Å². The summed E-state index contributed by atoms with van der Waals surface area (Å²) in [5, 5.41) is 4.83. The molecule has 1 N–H and O–H groups in total. The number of fused-ring (bicyclic) bond motifs is 1. The molecule has 8 heteroatoms. The quantitative estimate of drug-likeness (QED) is 0.187. The van der Waals surface area contributed by atoms with Gasteiger partial charge in [0.2, 0.25) is 0 Å². The molecule has 4 aromatic rings. The number of rotatable bonds is 8. The van der Waals surface area contributed by atoms with E-state index in [1.807, 2.05) is 86.6 Å². The Labute approximate surface area is 236 Å². The molecule has 0 bridgehead atoms. The molecule has 1 aliphatic rings. The number of amides is 2. The van der Waals surface area contributed by atoms with Crippen LogP contribution in [-0.4, -0.2) is 29.3 Å². The standard InChI is InChI=1S/C31H26N2O4S2/c1-3-36-27-17-21(14-15-26(27)37-19-29(34)32-23-11-6-8-20(2)16-23)18-28-30(35)33(31(38)39-28)25-13-7-10-22-9-4-5-12-24(22)25/h4-18H,3,19H2,1-2H3,(H,32,34)/b28-18-. The smallest absolute Gasteiger partial charge is 0.270 e. The molecule has 2 amide bonds. The number of benzene rings is 4. The van der Waals surface area contributed by atoms with Crippen LogP contribution in [0.2, 0.25) is 0 Å². The van der Waals surface area contributed by atoms with E-state index in [-0.39, 0.29) is 18.4 Å². The lowest BCUT2D eigenvalue weighted by Crippen LogP contribution is -2.27. The second-order valence-corrected chi connectivity index (χ2v) is 10.5. The molecule has 0 aromatic heterocycles. The van der Waals surface area contributed by atoms with E-state index >= 15 is 0 Å². The maximum absolute atomic E-state index is 13.4. The number of hydrogen-bond donors (Lipinski definition) is 1. The maximum atomic E-state index is 13.4. The Bertz CT molecular complexity index is 1610. The van der Waals surface area contributed by atoms with Crippen LogP contribution in [0.25, 0.3) is 16.8 Å². The molecule has 1 heterocycles. The van der Waals surface area contributed by atoms with Gasteiger partial charge in [0.15, 0.2) is 22.4 Å². The highest BCUT2D eigenvalue weighted by atomic mass is 32.2. The molecule has 0 atom stereocenters. The monoisotopic (exact) mass is 554 g/mol. The molecule has 1 saturated heterocycles. The molecule has 0 aliphatic carbocycles. The molecule has 196 valence electrons. The van der Waals surface area contributed by atoms with Crippen molar-refractivity contribution in [3.63, 3.8) is 0 Å². The summed E-state index contributed by atoms with van der Waals surface area (Å²) in [5.74, 6) is 0.479. The van der Waals surface area contributed by atoms with Gasteiger partial charge in [0.05, 0.1) is 17.2 Å². The lowest BCUT2D eigenvalue weighted by molar-refractivity contribution is -0.118. The summed E-state index contributed by atoms with van der Waals surface area (Å²) in [6.45, 7) is 4.08. The molecule has 0 saturated carbocycles. The first-order chi connectivity index (χ1) is 18.9. The SMILES string of the molecule is CCOc1cc(/C=C2\SC(=S)N(c3cccc4ccccc34)C2=O)ccc1OCC(=O)Nc1cccc(C)c1. The van der Waals surface area contributed by atoms with Crippen molar-refractivity contribution in [3.8, 4) is 11.5 Å². The van der Waals surface area contributed by atoms with Crippen molar-refractivity contribution in [2.75, 3.05) is 23.4 Å². The summed E-state index contributed by atoms with van der Waals surface area (Å²) in [6.07, 6.45) is 1.79. The Kier molecular flexibility index (Phi) is 7.95. The Morgan fingerprint density at radius 2 is 1.77 bits per heavy atom. The van der Waals surface area contributed by atoms with Gasteiger partial charge in [-0.15, -0.1) is 0 Å². The summed E-state index contributed by atoms with van der Waals surface area (Å²) in [4.78, 5) is 28.0. The van der Waals surface area contributed by atoms with Crippen molar-refractivity contribution in [3.05, 3.63) is 101 Å². The van der Waals surface area contributed by atoms with Gasteiger partial charge in [-0.1, -0.05) is 78.6 Å². The molecule has 0 spiro atoms. The average Bonchev–Trinajstić information content (AvgIpc) is 3.20. The maximum Gasteiger partial charge on any atom is 0.270 e. The van der Waals surface area contributed by atoms with E-state index in [1.54, 1.807) is 23.1 Å². The van der Waals surface area contributed by atoms with E-state index in [9.17, 15) is 9.59 Å². The zero-order chi connectivity index (χ0) is 27.4. The number of carbonyl (C=O) groups is 2. The molecule has 4 aromatic carbocycles. The number of anilines is 2. The highest BCUT2D eigenvalue weighted by molar-refractivity contribution is 8.27. The van der Waals surface area contributed by atoms with Crippen molar-refractivity contribution in [2.45, 2.75) is 13.8 Å². The second-order valence-electron chi connectivity index (χ2n) is 8.86. The van der Waals surface area contributed by atoms with E-state index in [1.165, 1.54) is 11.8 Å². The fraction of sp³-hybridized carbons (Fsp3) is 0.129. The number of ether oxygens (including phenoxy) is 2. The Hall–Kier alpha value is -4.14. The van der Waals surface area contributed by atoms with Crippen molar-refractivity contribution < 1.29 is 19.1 Å². The van der Waals surface area contributed by atoms with Gasteiger partial charge < -0.3 is 14.8 Å². The van der Waals surface area contributed by atoms with E-state index in [2.05, 4.69) is 5.32 Å². The van der Waals surface area contributed by atoms with Gasteiger partial charge in [0, 0.05) is 11.1 Å². The van der Waals surface area contributed by atoms with Crippen molar-refractivity contribution in [1.29, 1.82) is 0 Å². The minimum Gasteiger partial charge on any atom is -0.490 e. The minimum absolute atomic E-state index is 0.170. The Morgan fingerprint density at radius 3 is 2.59 bits per heavy atom. The number of aryl methyl sites for hydroxylation is 1. The third kappa shape index (κ3) is 5.97. The third-order valence-corrected chi connectivity index (χ3v) is 7.33. The zero-order valence-corrected chi connectivity index (χ0v) is 23.1. The van der Waals surface area contributed by atoms with Crippen LogP contribution in [0.1, 0.15) is 18.1 Å². The van der Waals surface area contributed by atoms with Gasteiger partial charge >= 0.3 is 0 Å². The van der Waals surface area contributed by atoms with Crippen LogP contribution in [0.5, 0.6) is 11.5 Å². The van der Waals surface area contributed by atoms with Gasteiger partial charge in [-0.05, 0) is 66.8 Å². The highest BCUT2D eigenvalue weighted by Crippen LogP contribution is 2.39. The first kappa shape index (κ1) is 26.5. The van der Waals surface area contributed by atoms with Crippen LogP contribution in [0.3, 0.4) is 0 Å². The first-order valence-corrected chi connectivity index (χ1v) is 13.7. The van der Waals surface area contributed by atoms with Crippen molar-refractivity contribution >= 4 is 68.3 Å². The van der Waals surface area contributed by atoms with E-state index < -0.39 is 0 Å². The van der Waals surface area contributed by atoms with Crippen LogP contribution in [0.15, 0.2) is 89.8 Å². The average molecular weight is 555 g/mol. The molecule has 6 nitrogen and oxygen atoms in total. The van der Waals surface area contributed by atoms with E-state index in [0.29, 0.717) is 33.0 Å². The fourth-order valence-electron chi connectivity index (χ4n) is 4.30. The van der Waals surface area contributed by atoms with Crippen LogP contribution in [-0.2, 0) is 9.59 Å². The normalized spacial score (nSPS) is 14.2. The minimum atomic E-state index is -0.274. The zero-order valence-electron chi connectivity index (χ0n) is 21.5. The number of thiocarbonyl (C=S) groups is 1. The van der Waals surface area contributed by atoms with Crippen molar-refractivity contribution in [2.24, 2.45) is 0 Å². The topological polar surface area (TPSA) is 67.9 Å². The van der Waals surface area contributed by atoms with E-state index in [4.69, 9.17) is 21.7 Å². The lowest BCUT2D eigenvalue weighted by atomic mass is 10.1. The highest BCUT2D eigenvalue weighted by Gasteiger charge is 2.34. The molecule has 1 fully saturated rings. The summed E-state index contributed by atoms with van der Waals surface area (Å²) in [7, 11) is 0. The molecule has 0 radical (unpaired) electrons. The molecule has 0 unspecified atom stereocenters. The third-order valence-electron chi connectivity index (χ3n) is 6.03. The van der Waals surface area contributed by atoms with Crippen LogP contribution in [0, 0.1) is 6.92 Å². The molecule has 1 aliphatic heterocycles. The van der Waals surface area contributed by atoms with Crippen LogP contribution in [0.4, 0.5) is 11.4 Å². The Morgan fingerprint density at radius 1 is 0.974 bits per heavy atom. The summed E-state index contributed by atoms with van der Waals surface area (Å²) >= 11 is 6.86. The Balaban J connectivity index is 1.33. The number of nitrogens with one attached hydrogen (secondary N) is 1. The second kappa shape index (κ2) is 11.7. The summed E-state index contributed by atoms with van der Waals surface area (Å²) in [5.41, 5.74) is 3.29. The number of carbonyl (C=O) groups excluding carboxylic acids is 2. The van der Waals surface area contributed by atoms with Gasteiger partial charge in [0.1, 0.15) is 0 Å². The molecule has 5 rings (SSSR count). The predicted octanol–water partition coefficient (Wildman–Crippen LogP) is 6.97. The predicted molar refractivity (Wildman–Crippen MR) is 163 cm³/mol. The number of hydrogen-bond acceptors (Lipinski definition) is 6. The number of nitrogens with zero attached hydrogens (tertiary/aromatic N) is 1.